The van der Waals surface area contributed by atoms with Gasteiger partial charge in [-0.1, -0.05) is 0 Å². The Balaban J connectivity index is 2.04. The SMILES string of the molecule is COCc1nc(OC)c2c(C)c(C(=O)N3CCNCC3)sc2n1. The number of ether oxygens (including phenoxy) is 2. The summed E-state index contributed by atoms with van der Waals surface area (Å²) in [6.45, 7) is 5.35. The topological polar surface area (TPSA) is 76.6 Å². The van der Waals surface area contributed by atoms with E-state index in [-0.39, 0.29) is 5.91 Å². The molecule has 0 aliphatic carbocycles. The van der Waals surface area contributed by atoms with Gasteiger partial charge in [-0.2, -0.15) is 4.98 Å². The number of thiophene rings is 1. The van der Waals surface area contributed by atoms with Crippen LogP contribution >= 0.6 is 11.3 Å². The van der Waals surface area contributed by atoms with Gasteiger partial charge in [0.05, 0.1) is 17.4 Å². The zero-order valence-corrected chi connectivity index (χ0v) is 14.3. The zero-order chi connectivity index (χ0) is 16.4. The molecule has 0 atom stereocenters. The molecule has 1 aliphatic rings. The molecule has 0 unspecified atom stereocenters. The van der Waals surface area contributed by atoms with Crippen LogP contribution in [0.1, 0.15) is 21.1 Å². The van der Waals surface area contributed by atoms with Crippen LogP contribution in [0.3, 0.4) is 0 Å². The number of amides is 1. The molecule has 0 spiro atoms. The summed E-state index contributed by atoms with van der Waals surface area (Å²) in [5.74, 6) is 1.11. The fourth-order valence-electron chi connectivity index (χ4n) is 2.70. The minimum absolute atomic E-state index is 0.0577. The molecule has 0 bridgehead atoms. The lowest BCUT2D eigenvalue weighted by molar-refractivity contribution is 0.0740. The maximum atomic E-state index is 12.8. The predicted molar refractivity (Wildman–Crippen MR) is 88.2 cm³/mol. The lowest BCUT2D eigenvalue weighted by atomic mass is 10.2. The number of fused-ring (bicyclic) bond motifs is 1. The van der Waals surface area contributed by atoms with Crippen LogP contribution in [0, 0.1) is 6.92 Å². The van der Waals surface area contributed by atoms with Crippen LogP contribution in [-0.4, -0.2) is 61.2 Å². The van der Waals surface area contributed by atoms with Crippen LogP contribution in [0.25, 0.3) is 10.2 Å². The molecular formula is C15H20N4O3S. The van der Waals surface area contributed by atoms with Gasteiger partial charge in [0.25, 0.3) is 5.91 Å². The van der Waals surface area contributed by atoms with Crippen molar-refractivity contribution in [2.45, 2.75) is 13.5 Å². The third-order valence-electron chi connectivity index (χ3n) is 3.87. The van der Waals surface area contributed by atoms with Crippen molar-refractivity contribution in [2.75, 3.05) is 40.4 Å². The molecule has 7 nitrogen and oxygen atoms in total. The molecule has 3 rings (SSSR count). The van der Waals surface area contributed by atoms with Gasteiger partial charge in [-0.15, -0.1) is 11.3 Å². The number of nitrogens with zero attached hydrogens (tertiary/aromatic N) is 3. The molecule has 0 saturated carbocycles. The van der Waals surface area contributed by atoms with Crippen molar-refractivity contribution in [1.82, 2.24) is 20.2 Å². The molecular weight excluding hydrogens is 316 g/mol. The highest BCUT2D eigenvalue weighted by molar-refractivity contribution is 7.20. The van der Waals surface area contributed by atoms with Gasteiger partial charge in [0.1, 0.15) is 11.4 Å². The maximum Gasteiger partial charge on any atom is 0.264 e. The molecule has 2 aromatic rings. The summed E-state index contributed by atoms with van der Waals surface area (Å²) < 4.78 is 10.5. The second kappa shape index (κ2) is 6.77. The normalized spacial score (nSPS) is 15.2. The minimum Gasteiger partial charge on any atom is -0.480 e. The van der Waals surface area contributed by atoms with Crippen LogP contribution in [0.5, 0.6) is 5.88 Å². The number of methoxy groups -OCH3 is 2. The first-order valence-corrected chi connectivity index (χ1v) is 8.30. The smallest absolute Gasteiger partial charge is 0.264 e. The van der Waals surface area contributed by atoms with E-state index in [9.17, 15) is 4.79 Å². The van der Waals surface area contributed by atoms with Gasteiger partial charge in [-0.3, -0.25) is 4.79 Å². The molecule has 3 heterocycles. The highest BCUT2D eigenvalue weighted by Gasteiger charge is 2.25. The molecule has 0 aromatic carbocycles. The van der Waals surface area contributed by atoms with Crippen LogP contribution in [0.15, 0.2) is 0 Å². The Bertz CT molecular complexity index is 725. The summed E-state index contributed by atoms with van der Waals surface area (Å²) in [4.78, 5) is 25.0. The number of carbonyl (C=O) groups is 1. The minimum atomic E-state index is 0.0577. The summed E-state index contributed by atoms with van der Waals surface area (Å²) in [5, 5.41) is 4.07. The van der Waals surface area contributed by atoms with E-state index in [1.54, 1.807) is 14.2 Å². The predicted octanol–water partition coefficient (Wildman–Crippen LogP) is 1.20. The average Bonchev–Trinajstić information content (AvgIpc) is 2.91. The largest absolute Gasteiger partial charge is 0.480 e. The monoisotopic (exact) mass is 336 g/mol. The second-order valence-electron chi connectivity index (χ2n) is 5.36. The number of nitrogens with one attached hydrogen (secondary N) is 1. The van der Waals surface area contributed by atoms with Gasteiger partial charge in [-0.05, 0) is 12.5 Å². The third-order valence-corrected chi connectivity index (χ3v) is 5.04. The van der Waals surface area contributed by atoms with Gasteiger partial charge in [0.2, 0.25) is 5.88 Å². The molecule has 1 fully saturated rings. The van der Waals surface area contributed by atoms with Crippen LogP contribution in [-0.2, 0) is 11.3 Å². The average molecular weight is 336 g/mol. The molecule has 1 saturated heterocycles. The molecule has 1 N–H and O–H groups in total. The Kier molecular flexibility index (Phi) is 4.74. The van der Waals surface area contributed by atoms with Crippen molar-refractivity contribution in [2.24, 2.45) is 0 Å². The van der Waals surface area contributed by atoms with Gasteiger partial charge < -0.3 is 19.7 Å². The summed E-state index contributed by atoms with van der Waals surface area (Å²) >= 11 is 1.40. The van der Waals surface area contributed by atoms with Crippen molar-refractivity contribution in [3.05, 3.63) is 16.3 Å². The Labute approximate surface area is 138 Å². The van der Waals surface area contributed by atoms with Gasteiger partial charge in [0, 0.05) is 33.3 Å². The fraction of sp³-hybridized carbons (Fsp3) is 0.533. The number of hydrogen-bond donors (Lipinski definition) is 1. The van der Waals surface area contributed by atoms with Crippen molar-refractivity contribution < 1.29 is 14.3 Å². The van der Waals surface area contributed by atoms with Crippen LogP contribution in [0.4, 0.5) is 0 Å². The Morgan fingerprint density at radius 1 is 1.30 bits per heavy atom. The molecule has 2 aromatic heterocycles. The van der Waals surface area contributed by atoms with E-state index < -0.39 is 0 Å². The number of hydrogen-bond acceptors (Lipinski definition) is 7. The summed E-state index contributed by atoms with van der Waals surface area (Å²) in [6.07, 6.45) is 0. The van der Waals surface area contributed by atoms with Crippen molar-refractivity contribution in [3.8, 4) is 5.88 Å². The first-order valence-electron chi connectivity index (χ1n) is 7.48. The van der Waals surface area contributed by atoms with E-state index in [1.165, 1.54) is 11.3 Å². The quantitative estimate of drug-likeness (QED) is 0.904. The molecule has 1 amide bonds. The Morgan fingerprint density at radius 3 is 2.70 bits per heavy atom. The number of rotatable bonds is 4. The lowest BCUT2D eigenvalue weighted by Gasteiger charge is -2.27. The van der Waals surface area contributed by atoms with Crippen molar-refractivity contribution in [1.29, 1.82) is 0 Å². The van der Waals surface area contributed by atoms with Gasteiger partial charge in [0.15, 0.2) is 5.82 Å². The number of aryl methyl sites for hydroxylation is 1. The summed E-state index contributed by atoms with van der Waals surface area (Å²) in [6, 6.07) is 0. The Hall–Kier alpha value is -1.77. The molecule has 124 valence electrons. The van der Waals surface area contributed by atoms with Crippen molar-refractivity contribution in [3.63, 3.8) is 0 Å². The van der Waals surface area contributed by atoms with E-state index in [0.29, 0.717) is 23.2 Å². The van der Waals surface area contributed by atoms with Gasteiger partial charge in [-0.25, -0.2) is 4.98 Å². The van der Waals surface area contributed by atoms with Crippen LogP contribution < -0.4 is 10.1 Å². The second-order valence-corrected chi connectivity index (χ2v) is 6.36. The first-order chi connectivity index (χ1) is 11.2. The third kappa shape index (κ3) is 3.01. The zero-order valence-electron chi connectivity index (χ0n) is 13.5. The summed E-state index contributed by atoms with van der Waals surface area (Å²) in [5.41, 5.74) is 0.884. The van der Waals surface area contributed by atoms with E-state index in [4.69, 9.17) is 9.47 Å². The van der Waals surface area contributed by atoms with E-state index in [1.807, 2.05) is 11.8 Å². The number of piperazine rings is 1. The standard InChI is InChI=1S/C15H20N4O3S/c1-9-11-13(22-3)17-10(8-21-2)18-14(11)23-12(9)15(20)19-6-4-16-5-7-19/h16H,4-8H2,1-3H3. The molecule has 1 aliphatic heterocycles. The fourth-order valence-corrected chi connectivity index (χ4v) is 3.86. The van der Waals surface area contributed by atoms with E-state index in [2.05, 4.69) is 15.3 Å². The van der Waals surface area contributed by atoms with E-state index >= 15 is 0 Å². The molecule has 0 radical (unpaired) electrons. The van der Waals surface area contributed by atoms with Crippen LogP contribution in [0.2, 0.25) is 0 Å². The molecule has 23 heavy (non-hydrogen) atoms. The number of aromatic nitrogens is 2. The summed E-state index contributed by atoms with van der Waals surface area (Å²) in [7, 11) is 3.17. The Morgan fingerprint density at radius 2 is 2.04 bits per heavy atom. The molecule has 8 heteroatoms. The first kappa shape index (κ1) is 16.1. The maximum absolute atomic E-state index is 12.8. The van der Waals surface area contributed by atoms with Crippen molar-refractivity contribution >= 4 is 27.5 Å². The number of carbonyl (C=O) groups excluding carboxylic acids is 1. The van der Waals surface area contributed by atoms with E-state index in [0.717, 1.165) is 42.0 Å². The van der Waals surface area contributed by atoms with Gasteiger partial charge >= 0.3 is 0 Å². The lowest BCUT2D eigenvalue weighted by Crippen LogP contribution is -2.46. The highest BCUT2D eigenvalue weighted by atomic mass is 32.1. The highest BCUT2D eigenvalue weighted by Crippen LogP contribution is 2.35.